The van der Waals surface area contributed by atoms with Crippen molar-refractivity contribution in [2.24, 2.45) is 0 Å². The molecule has 4 heteroatoms. The Labute approximate surface area is 91.7 Å². The lowest BCUT2D eigenvalue weighted by Gasteiger charge is -1.98. The van der Waals surface area contributed by atoms with E-state index in [0.29, 0.717) is 0 Å². The Morgan fingerprint density at radius 1 is 1.31 bits per heavy atom. The van der Waals surface area contributed by atoms with Crippen molar-refractivity contribution in [3.05, 3.63) is 16.9 Å². The molecule has 0 spiro atoms. The zero-order valence-corrected chi connectivity index (χ0v) is 10.1. The third kappa shape index (κ3) is 4.62. The summed E-state index contributed by atoms with van der Waals surface area (Å²) < 4.78 is 0.936. The summed E-state index contributed by atoms with van der Waals surface area (Å²) in [6.45, 7) is 2.21. The monoisotopic (exact) mass is 260 g/mol. The molecule has 2 nitrogen and oxygen atoms in total. The van der Waals surface area contributed by atoms with Gasteiger partial charge >= 0.3 is 0 Å². The van der Waals surface area contributed by atoms with E-state index >= 15 is 0 Å². The van der Waals surface area contributed by atoms with Gasteiger partial charge in [-0.1, -0.05) is 31.5 Å². The quantitative estimate of drug-likeness (QED) is 0.460. The Bertz CT molecular complexity index is 238. The first-order chi connectivity index (χ1) is 6.33. The number of thioether (sulfide) groups is 1. The van der Waals surface area contributed by atoms with Gasteiger partial charge in [0.1, 0.15) is 0 Å². The summed E-state index contributed by atoms with van der Waals surface area (Å²) in [5.74, 6) is 1.12. The van der Waals surface area contributed by atoms with Crippen LogP contribution in [-0.4, -0.2) is 15.7 Å². The van der Waals surface area contributed by atoms with E-state index in [1.807, 2.05) is 0 Å². The summed E-state index contributed by atoms with van der Waals surface area (Å²) in [5, 5.41) is 0.874. The van der Waals surface area contributed by atoms with E-state index in [-0.39, 0.29) is 0 Å². The van der Waals surface area contributed by atoms with Crippen LogP contribution in [0, 0.1) is 0 Å². The van der Waals surface area contributed by atoms with Gasteiger partial charge in [0.2, 0.25) is 0 Å². The molecule has 0 bridgehead atoms. The summed E-state index contributed by atoms with van der Waals surface area (Å²) in [6, 6.07) is 0. The van der Waals surface area contributed by atoms with Gasteiger partial charge in [-0.05, 0) is 22.4 Å². The highest BCUT2D eigenvalue weighted by Gasteiger charge is 1.96. The number of aromatic nitrogens is 2. The van der Waals surface area contributed by atoms with Gasteiger partial charge in [-0.15, -0.1) is 0 Å². The molecule has 13 heavy (non-hydrogen) atoms. The third-order valence-electron chi connectivity index (χ3n) is 1.58. The molecular weight excluding hydrogens is 248 g/mol. The summed E-state index contributed by atoms with van der Waals surface area (Å²) in [6.07, 6.45) is 7.39. The molecule has 0 unspecified atom stereocenters. The second kappa shape index (κ2) is 6.38. The van der Waals surface area contributed by atoms with E-state index in [1.165, 1.54) is 19.3 Å². The highest BCUT2D eigenvalue weighted by Crippen LogP contribution is 2.15. The molecule has 0 aliphatic heterocycles. The normalized spacial score (nSPS) is 10.3. The molecule has 0 aliphatic carbocycles. The Morgan fingerprint density at radius 2 is 2.00 bits per heavy atom. The molecule has 0 N–H and O–H groups in total. The molecule has 0 saturated heterocycles. The fourth-order valence-corrected chi connectivity index (χ4v) is 1.88. The van der Waals surface area contributed by atoms with Gasteiger partial charge in [0.15, 0.2) is 5.16 Å². The van der Waals surface area contributed by atoms with E-state index < -0.39 is 0 Å². The lowest BCUT2D eigenvalue weighted by atomic mass is 10.3. The first kappa shape index (κ1) is 11.0. The zero-order chi connectivity index (χ0) is 9.52. The third-order valence-corrected chi connectivity index (χ3v) is 2.95. The van der Waals surface area contributed by atoms with Crippen molar-refractivity contribution in [2.45, 2.75) is 31.3 Å². The molecule has 0 radical (unpaired) electrons. The number of nitrogens with zero attached hydrogens (tertiary/aromatic N) is 2. The van der Waals surface area contributed by atoms with Crippen LogP contribution in [0.3, 0.4) is 0 Å². The molecule has 0 fully saturated rings. The second-order valence-corrected chi connectivity index (χ2v) is 4.72. The lowest BCUT2D eigenvalue weighted by molar-refractivity contribution is 0.777. The molecular formula is C9H13BrN2S. The average Bonchev–Trinajstić information content (AvgIpc) is 2.15. The van der Waals surface area contributed by atoms with E-state index in [0.717, 1.165) is 15.4 Å². The molecule has 1 aromatic heterocycles. The van der Waals surface area contributed by atoms with Gasteiger partial charge in [-0.25, -0.2) is 9.97 Å². The minimum absolute atomic E-state index is 0.874. The van der Waals surface area contributed by atoms with Crippen LogP contribution in [0.4, 0.5) is 0 Å². The fraction of sp³-hybridized carbons (Fsp3) is 0.556. The minimum Gasteiger partial charge on any atom is -0.230 e. The maximum atomic E-state index is 4.18. The van der Waals surface area contributed by atoms with Crippen molar-refractivity contribution in [3.8, 4) is 0 Å². The van der Waals surface area contributed by atoms with E-state index in [4.69, 9.17) is 0 Å². The van der Waals surface area contributed by atoms with Gasteiger partial charge in [0.25, 0.3) is 0 Å². The molecule has 0 aromatic carbocycles. The highest BCUT2D eigenvalue weighted by molar-refractivity contribution is 9.10. The van der Waals surface area contributed by atoms with E-state index in [9.17, 15) is 0 Å². The maximum absolute atomic E-state index is 4.18. The molecule has 0 aliphatic rings. The van der Waals surface area contributed by atoms with Gasteiger partial charge in [-0.2, -0.15) is 0 Å². The SMILES string of the molecule is CCCCCSc1ncc(Br)cn1. The molecule has 1 heterocycles. The smallest absolute Gasteiger partial charge is 0.187 e. The van der Waals surface area contributed by atoms with Crippen LogP contribution < -0.4 is 0 Å². The van der Waals surface area contributed by atoms with Crippen molar-refractivity contribution in [1.29, 1.82) is 0 Å². The first-order valence-electron chi connectivity index (χ1n) is 4.43. The van der Waals surface area contributed by atoms with Gasteiger partial charge in [-0.3, -0.25) is 0 Å². The molecule has 1 rings (SSSR count). The number of hydrogen-bond acceptors (Lipinski definition) is 3. The van der Waals surface area contributed by atoms with Crippen LogP contribution in [0.5, 0.6) is 0 Å². The largest absolute Gasteiger partial charge is 0.230 e. The summed E-state index contributed by atoms with van der Waals surface area (Å²) in [5.41, 5.74) is 0. The van der Waals surface area contributed by atoms with E-state index in [2.05, 4.69) is 32.8 Å². The molecule has 0 saturated carbocycles. The van der Waals surface area contributed by atoms with Crippen LogP contribution in [0.2, 0.25) is 0 Å². The van der Waals surface area contributed by atoms with Gasteiger partial charge < -0.3 is 0 Å². The number of hydrogen-bond donors (Lipinski definition) is 0. The summed E-state index contributed by atoms with van der Waals surface area (Å²) >= 11 is 5.03. The lowest BCUT2D eigenvalue weighted by Crippen LogP contribution is -1.87. The predicted molar refractivity (Wildman–Crippen MR) is 60.0 cm³/mol. The standard InChI is InChI=1S/C9H13BrN2S/c1-2-3-4-5-13-9-11-6-8(10)7-12-9/h6-7H,2-5H2,1H3. The average molecular weight is 261 g/mol. The number of rotatable bonds is 5. The van der Waals surface area contributed by atoms with Crippen LogP contribution in [0.1, 0.15) is 26.2 Å². The number of halogens is 1. The summed E-state index contributed by atoms with van der Waals surface area (Å²) in [7, 11) is 0. The van der Waals surface area contributed by atoms with Crippen LogP contribution >= 0.6 is 27.7 Å². The van der Waals surface area contributed by atoms with Crippen molar-refractivity contribution < 1.29 is 0 Å². The van der Waals surface area contributed by atoms with Crippen molar-refractivity contribution in [3.63, 3.8) is 0 Å². The topological polar surface area (TPSA) is 25.8 Å². The van der Waals surface area contributed by atoms with Crippen molar-refractivity contribution in [1.82, 2.24) is 9.97 Å². The Kier molecular flexibility index (Phi) is 5.39. The molecule has 0 amide bonds. The van der Waals surface area contributed by atoms with Crippen molar-refractivity contribution >= 4 is 27.7 Å². The van der Waals surface area contributed by atoms with Crippen LogP contribution in [0.25, 0.3) is 0 Å². The van der Waals surface area contributed by atoms with Gasteiger partial charge in [0.05, 0.1) is 4.47 Å². The molecule has 0 atom stereocenters. The number of unbranched alkanes of at least 4 members (excludes halogenated alkanes) is 2. The zero-order valence-electron chi connectivity index (χ0n) is 7.66. The Balaban J connectivity index is 2.25. The predicted octanol–water partition coefficient (Wildman–Crippen LogP) is 3.52. The fourth-order valence-electron chi connectivity index (χ4n) is 0.890. The molecule has 1 aromatic rings. The second-order valence-electron chi connectivity index (χ2n) is 2.74. The first-order valence-corrected chi connectivity index (χ1v) is 6.21. The Hall–Kier alpha value is -0.0900. The van der Waals surface area contributed by atoms with Crippen LogP contribution in [0.15, 0.2) is 22.0 Å². The highest BCUT2D eigenvalue weighted by atomic mass is 79.9. The minimum atomic E-state index is 0.874. The Morgan fingerprint density at radius 3 is 2.62 bits per heavy atom. The maximum Gasteiger partial charge on any atom is 0.187 e. The summed E-state index contributed by atoms with van der Waals surface area (Å²) in [4.78, 5) is 8.36. The molecule has 72 valence electrons. The van der Waals surface area contributed by atoms with Crippen LogP contribution in [-0.2, 0) is 0 Å². The van der Waals surface area contributed by atoms with E-state index in [1.54, 1.807) is 24.2 Å². The van der Waals surface area contributed by atoms with Crippen molar-refractivity contribution in [2.75, 3.05) is 5.75 Å². The van der Waals surface area contributed by atoms with Gasteiger partial charge in [0, 0.05) is 18.1 Å².